The van der Waals surface area contributed by atoms with Gasteiger partial charge in [0.1, 0.15) is 0 Å². The Morgan fingerprint density at radius 1 is 1.20 bits per heavy atom. The number of halogens is 1. The molecule has 2 aromatic carbocycles. The normalized spacial score (nSPS) is 15.0. The predicted molar refractivity (Wildman–Crippen MR) is 105 cm³/mol. The minimum absolute atomic E-state index is 0.0564. The van der Waals surface area contributed by atoms with Gasteiger partial charge in [0.05, 0.1) is 12.1 Å². The summed E-state index contributed by atoms with van der Waals surface area (Å²) in [4.78, 5) is 3.12. The van der Waals surface area contributed by atoms with Crippen molar-refractivity contribution in [3.8, 4) is 0 Å². The van der Waals surface area contributed by atoms with Gasteiger partial charge in [0, 0.05) is 22.7 Å². The number of fused-ring (bicyclic) bond motifs is 1. The standard InChI is InChI=1S/C22H26FNS/c1-5-22(13-18-8-6-7-9-19(18)14-22)24(16(2)3)15-20-12-21(25-23)11-10-17(20)4/h6-12H,2,5,13-15H2,1,3-4H3. The van der Waals surface area contributed by atoms with Crippen LogP contribution in [0, 0.1) is 6.92 Å². The molecule has 1 nitrogen and oxygen atoms in total. The summed E-state index contributed by atoms with van der Waals surface area (Å²) >= 11 is 0.313. The van der Waals surface area contributed by atoms with E-state index in [9.17, 15) is 3.89 Å². The molecule has 25 heavy (non-hydrogen) atoms. The topological polar surface area (TPSA) is 3.24 Å². The molecule has 0 fully saturated rings. The van der Waals surface area contributed by atoms with Crippen LogP contribution in [0.15, 0.2) is 59.6 Å². The first kappa shape index (κ1) is 18.1. The first-order valence-electron chi connectivity index (χ1n) is 8.87. The van der Waals surface area contributed by atoms with E-state index in [-0.39, 0.29) is 5.54 Å². The zero-order valence-corrected chi connectivity index (χ0v) is 16.1. The van der Waals surface area contributed by atoms with E-state index in [4.69, 9.17) is 0 Å². The highest BCUT2D eigenvalue weighted by molar-refractivity contribution is 7.94. The van der Waals surface area contributed by atoms with Crippen LogP contribution in [0.3, 0.4) is 0 Å². The van der Waals surface area contributed by atoms with Gasteiger partial charge in [-0.05, 0) is 67.5 Å². The van der Waals surface area contributed by atoms with Gasteiger partial charge in [-0.2, -0.15) is 3.89 Å². The minimum Gasteiger partial charge on any atom is -0.365 e. The molecule has 1 aliphatic rings. The second kappa shape index (κ2) is 7.25. The largest absolute Gasteiger partial charge is 0.365 e. The third-order valence-electron chi connectivity index (χ3n) is 5.59. The van der Waals surface area contributed by atoms with E-state index >= 15 is 0 Å². The van der Waals surface area contributed by atoms with Crippen molar-refractivity contribution in [2.75, 3.05) is 0 Å². The molecule has 1 aliphatic carbocycles. The van der Waals surface area contributed by atoms with Crippen molar-refractivity contribution in [1.82, 2.24) is 4.90 Å². The highest BCUT2D eigenvalue weighted by atomic mass is 32.2. The van der Waals surface area contributed by atoms with Gasteiger partial charge < -0.3 is 4.90 Å². The Hall–Kier alpha value is -1.74. The van der Waals surface area contributed by atoms with E-state index in [1.807, 2.05) is 18.2 Å². The smallest absolute Gasteiger partial charge is 0.0812 e. The minimum atomic E-state index is 0.0564. The molecule has 0 amide bonds. The van der Waals surface area contributed by atoms with Crippen molar-refractivity contribution >= 4 is 12.1 Å². The quantitative estimate of drug-likeness (QED) is 0.602. The predicted octanol–water partition coefficient (Wildman–Crippen LogP) is 6.25. The lowest BCUT2D eigenvalue weighted by Crippen LogP contribution is -2.47. The second-order valence-electron chi connectivity index (χ2n) is 7.19. The van der Waals surface area contributed by atoms with Gasteiger partial charge in [-0.15, -0.1) is 0 Å². The fraction of sp³-hybridized carbons (Fsp3) is 0.364. The van der Waals surface area contributed by atoms with Crippen LogP contribution in [0.2, 0.25) is 0 Å². The molecule has 132 valence electrons. The third-order valence-corrected chi connectivity index (χ3v) is 6.02. The summed E-state index contributed by atoms with van der Waals surface area (Å²) in [5.41, 5.74) is 6.40. The SMILES string of the molecule is C=C(C)N(Cc1cc(SF)ccc1C)C1(CC)Cc2ccccc2C1. The molecule has 3 rings (SSSR count). The Kier molecular flexibility index (Phi) is 5.24. The first-order chi connectivity index (χ1) is 12.0. The molecule has 0 atom stereocenters. The molecule has 0 unspecified atom stereocenters. The Labute approximate surface area is 155 Å². The van der Waals surface area contributed by atoms with Crippen LogP contribution in [0.25, 0.3) is 0 Å². The summed E-state index contributed by atoms with van der Waals surface area (Å²) in [6, 6.07) is 14.6. The Morgan fingerprint density at radius 3 is 2.36 bits per heavy atom. The molecule has 0 saturated carbocycles. The van der Waals surface area contributed by atoms with Gasteiger partial charge in [0.25, 0.3) is 0 Å². The lowest BCUT2D eigenvalue weighted by Gasteiger charge is -2.43. The molecule has 0 aliphatic heterocycles. The second-order valence-corrected chi connectivity index (χ2v) is 7.81. The Morgan fingerprint density at radius 2 is 1.84 bits per heavy atom. The first-order valence-corrected chi connectivity index (χ1v) is 9.59. The van der Waals surface area contributed by atoms with Crippen molar-refractivity contribution in [1.29, 1.82) is 0 Å². The van der Waals surface area contributed by atoms with E-state index in [0.29, 0.717) is 17.0 Å². The van der Waals surface area contributed by atoms with Crippen LogP contribution in [0.5, 0.6) is 0 Å². The zero-order chi connectivity index (χ0) is 18.0. The maximum absolute atomic E-state index is 13.0. The number of hydrogen-bond acceptors (Lipinski definition) is 2. The molecule has 0 N–H and O–H groups in total. The lowest BCUT2D eigenvalue weighted by atomic mass is 9.88. The van der Waals surface area contributed by atoms with Crippen molar-refractivity contribution < 1.29 is 3.89 Å². The van der Waals surface area contributed by atoms with Crippen molar-refractivity contribution in [3.63, 3.8) is 0 Å². The van der Waals surface area contributed by atoms with E-state index in [1.54, 1.807) is 0 Å². The van der Waals surface area contributed by atoms with E-state index in [1.165, 1.54) is 22.3 Å². The third kappa shape index (κ3) is 3.48. The van der Waals surface area contributed by atoms with Crippen LogP contribution in [-0.2, 0) is 19.4 Å². The van der Waals surface area contributed by atoms with Crippen molar-refractivity contribution in [2.45, 2.75) is 57.0 Å². The van der Waals surface area contributed by atoms with Gasteiger partial charge in [-0.3, -0.25) is 0 Å². The molecular formula is C22H26FNS. The molecule has 0 bridgehead atoms. The molecule has 0 saturated heterocycles. The number of nitrogens with zero attached hydrogens (tertiary/aromatic N) is 1. The fourth-order valence-electron chi connectivity index (χ4n) is 4.05. The zero-order valence-electron chi connectivity index (χ0n) is 15.3. The average Bonchev–Trinajstić information content (AvgIpc) is 3.00. The number of rotatable bonds is 6. The molecule has 0 aromatic heterocycles. The van der Waals surface area contributed by atoms with Crippen molar-refractivity contribution in [3.05, 3.63) is 77.0 Å². The summed E-state index contributed by atoms with van der Waals surface area (Å²) in [6.07, 6.45) is 3.15. The summed E-state index contributed by atoms with van der Waals surface area (Å²) in [5.74, 6) is 0. The van der Waals surface area contributed by atoms with Crippen LogP contribution in [0.1, 0.15) is 42.5 Å². The van der Waals surface area contributed by atoms with Crippen LogP contribution in [0.4, 0.5) is 3.89 Å². The number of hydrogen-bond donors (Lipinski definition) is 0. The van der Waals surface area contributed by atoms with Gasteiger partial charge in [-0.1, -0.05) is 43.8 Å². The Bertz CT molecular complexity index is 758. The lowest BCUT2D eigenvalue weighted by molar-refractivity contribution is 0.124. The molecule has 3 heteroatoms. The molecular weight excluding hydrogens is 329 g/mol. The highest BCUT2D eigenvalue weighted by Gasteiger charge is 2.40. The number of benzene rings is 2. The monoisotopic (exact) mass is 355 g/mol. The fourth-order valence-corrected chi connectivity index (χ4v) is 4.36. The van der Waals surface area contributed by atoms with Gasteiger partial charge >= 0.3 is 0 Å². The highest BCUT2D eigenvalue weighted by Crippen LogP contribution is 2.40. The summed E-state index contributed by atoms with van der Waals surface area (Å²) in [7, 11) is 0. The molecule has 0 heterocycles. The molecule has 0 radical (unpaired) electrons. The summed E-state index contributed by atoms with van der Waals surface area (Å²) < 4.78 is 13.0. The van der Waals surface area contributed by atoms with Crippen LogP contribution < -0.4 is 0 Å². The maximum atomic E-state index is 13.0. The summed E-state index contributed by atoms with van der Waals surface area (Å²) in [6.45, 7) is 11.5. The maximum Gasteiger partial charge on any atom is 0.0812 e. The van der Waals surface area contributed by atoms with Gasteiger partial charge in [-0.25, -0.2) is 0 Å². The molecule has 2 aromatic rings. The Balaban J connectivity index is 1.95. The van der Waals surface area contributed by atoms with Gasteiger partial charge in [0.15, 0.2) is 0 Å². The molecule has 0 spiro atoms. The average molecular weight is 356 g/mol. The summed E-state index contributed by atoms with van der Waals surface area (Å²) in [5, 5.41) is 0. The van der Waals surface area contributed by atoms with E-state index in [2.05, 4.69) is 56.5 Å². The van der Waals surface area contributed by atoms with Crippen LogP contribution >= 0.6 is 12.1 Å². The van der Waals surface area contributed by atoms with E-state index in [0.717, 1.165) is 31.5 Å². The van der Waals surface area contributed by atoms with Gasteiger partial charge in [0.2, 0.25) is 0 Å². The van der Waals surface area contributed by atoms with Crippen LogP contribution in [-0.4, -0.2) is 10.4 Å². The van der Waals surface area contributed by atoms with E-state index < -0.39 is 0 Å². The number of aryl methyl sites for hydroxylation is 1. The number of allylic oxidation sites excluding steroid dienone is 1. The van der Waals surface area contributed by atoms with Crippen molar-refractivity contribution in [2.24, 2.45) is 0 Å².